The minimum absolute atomic E-state index is 0.166. The van der Waals surface area contributed by atoms with E-state index >= 15 is 0 Å². The van der Waals surface area contributed by atoms with Crippen LogP contribution in [0.3, 0.4) is 0 Å². The lowest BCUT2D eigenvalue weighted by Gasteiger charge is -2.27. The Kier molecular flexibility index (Phi) is 4.59. The van der Waals surface area contributed by atoms with Gasteiger partial charge in [0.15, 0.2) is 0 Å². The fraction of sp³-hybridized carbons (Fsp3) is 0.333. The van der Waals surface area contributed by atoms with Crippen molar-refractivity contribution in [1.29, 1.82) is 0 Å². The Morgan fingerprint density at radius 2 is 1.21 bits per heavy atom. The third-order valence-corrected chi connectivity index (χ3v) is 3.22. The lowest BCUT2D eigenvalue weighted by atomic mass is 10.3. The van der Waals surface area contributed by atoms with E-state index in [9.17, 15) is 30.7 Å². The van der Waals surface area contributed by atoms with Crippen molar-refractivity contribution in [3.63, 3.8) is 0 Å². The van der Waals surface area contributed by atoms with E-state index in [1.54, 1.807) is 0 Å². The summed E-state index contributed by atoms with van der Waals surface area (Å²) in [6.07, 6.45) is -6.37. The standard InChI is InChI=1S/C9H3Cl2F7S/c10-4-1-5(11)3-6(2-4)19-9(17,18)7(12,13)8(14,15)16/h1-3H. The minimum Gasteiger partial charge on any atom is -0.188 e. The first-order chi connectivity index (χ1) is 8.37. The van der Waals surface area contributed by atoms with Gasteiger partial charge in [0.05, 0.1) is 0 Å². The molecule has 0 saturated heterocycles. The summed E-state index contributed by atoms with van der Waals surface area (Å²) in [5.41, 5.74) is 0. The quantitative estimate of drug-likeness (QED) is 0.486. The Hall–Kier alpha value is -0.340. The van der Waals surface area contributed by atoms with E-state index in [2.05, 4.69) is 0 Å². The van der Waals surface area contributed by atoms with Crippen LogP contribution in [0.1, 0.15) is 0 Å². The molecule has 0 heterocycles. The monoisotopic (exact) mass is 346 g/mol. The number of rotatable bonds is 3. The Morgan fingerprint density at radius 3 is 1.58 bits per heavy atom. The zero-order valence-electron chi connectivity index (χ0n) is 8.54. The van der Waals surface area contributed by atoms with E-state index in [4.69, 9.17) is 23.2 Å². The van der Waals surface area contributed by atoms with Gasteiger partial charge in [0, 0.05) is 14.9 Å². The summed E-state index contributed by atoms with van der Waals surface area (Å²) in [5.74, 6) is -6.18. The summed E-state index contributed by atoms with van der Waals surface area (Å²) in [4.78, 5) is -0.605. The Labute approximate surface area is 116 Å². The van der Waals surface area contributed by atoms with E-state index in [1.165, 1.54) is 0 Å². The molecule has 0 aromatic heterocycles. The maximum Gasteiger partial charge on any atom is 0.460 e. The normalized spacial score (nSPS) is 13.7. The molecular weight excluding hydrogens is 344 g/mol. The predicted octanol–water partition coefficient (Wildman–Crippen LogP) is 5.88. The van der Waals surface area contributed by atoms with E-state index in [0.29, 0.717) is 0 Å². The van der Waals surface area contributed by atoms with Crippen molar-refractivity contribution in [2.75, 3.05) is 0 Å². The molecule has 0 N–H and O–H groups in total. The molecule has 10 heteroatoms. The van der Waals surface area contributed by atoms with Crippen LogP contribution < -0.4 is 0 Å². The lowest BCUT2D eigenvalue weighted by Crippen LogP contribution is -2.49. The number of halogens is 9. The lowest BCUT2D eigenvalue weighted by molar-refractivity contribution is -0.330. The molecule has 0 saturated carbocycles. The maximum absolute atomic E-state index is 13.1. The topological polar surface area (TPSA) is 0 Å². The highest BCUT2D eigenvalue weighted by Gasteiger charge is 2.73. The van der Waals surface area contributed by atoms with E-state index < -0.39 is 34.0 Å². The molecule has 0 aliphatic carbocycles. The molecule has 108 valence electrons. The molecule has 1 aromatic rings. The molecular formula is C9H3Cl2F7S. The molecule has 0 nitrogen and oxygen atoms in total. The van der Waals surface area contributed by atoms with Gasteiger partial charge in [0.25, 0.3) is 0 Å². The Balaban J connectivity index is 3.09. The molecule has 19 heavy (non-hydrogen) atoms. The van der Waals surface area contributed by atoms with Crippen LogP contribution in [0.15, 0.2) is 23.1 Å². The van der Waals surface area contributed by atoms with Gasteiger partial charge in [0.1, 0.15) is 0 Å². The van der Waals surface area contributed by atoms with Gasteiger partial charge in [-0.25, -0.2) is 0 Å². The maximum atomic E-state index is 13.1. The second kappa shape index (κ2) is 5.21. The zero-order chi connectivity index (χ0) is 15.1. The number of thioether (sulfide) groups is 1. The van der Waals surface area contributed by atoms with Crippen molar-refractivity contribution >= 4 is 35.0 Å². The zero-order valence-corrected chi connectivity index (χ0v) is 10.9. The van der Waals surface area contributed by atoms with Crippen LogP contribution in [-0.4, -0.2) is 17.4 Å². The highest BCUT2D eigenvalue weighted by Crippen LogP contribution is 2.54. The van der Waals surface area contributed by atoms with Crippen molar-refractivity contribution in [2.24, 2.45) is 0 Å². The third-order valence-electron chi connectivity index (χ3n) is 1.80. The van der Waals surface area contributed by atoms with E-state index in [1.807, 2.05) is 0 Å². The average molecular weight is 347 g/mol. The number of hydrogen-bond donors (Lipinski definition) is 0. The molecule has 0 spiro atoms. The van der Waals surface area contributed by atoms with Crippen LogP contribution in [0.25, 0.3) is 0 Å². The van der Waals surface area contributed by atoms with Gasteiger partial charge in [0.2, 0.25) is 0 Å². The fourth-order valence-electron chi connectivity index (χ4n) is 0.965. The fourth-order valence-corrected chi connectivity index (χ4v) is 2.53. The Morgan fingerprint density at radius 1 is 0.789 bits per heavy atom. The van der Waals surface area contributed by atoms with Gasteiger partial charge in [-0.3, -0.25) is 0 Å². The third kappa shape index (κ3) is 3.61. The smallest absolute Gasteiger partial charge is 0.188 e. The summed E-state index contributed by atoms with van der Waals surface area (Å²) in [6.45, 7) is 0. The minimum atomic E-state index is -6.37. The van der Waals surface area contributed by atoms with E-state index in [0.717, 1.165) is 18.2 Å². The van der Waals surface area contributed by atoms with Crippen molar-refractivity contribution in [3.05, 3.63) is 28.2 Å². The van der Waals surface area contributed by atoms with Crippen LogP contribution >= 0.6 is 35.0 Å². The highest BCUT2D eigenvalue weighted by molar-refractivity contribution is 8.00. The van der Waals surface area contributed by atoms with Crippen LogP contribution in [0, 0.1) is 0 Å². The Bertz CT molecular complexity index is 452. The first kappa shape index (κ1) is 16.7. The van der Waals surface area contributed by atoms with Crippen LogP contribution in [0.4, 0.5) is 30.7 Å². The SMILES string of the molecule is FC(F)(F)C(F)(F)C(F)(F)Sc1cc(Cl)cc(Cl)c1. The van der Waals surface area contributed by atoms with Gasteiger partial charge in [-0.2, -0.15) is 30.7 Å². The van der Waals surface area contributed by atoms with Crippen molar-refractivity contribution in [3.8, 4) is 0 Å². The largest absolute Gasteiger partial charge is 0.460 e. The molecule has 0 atom stereocenters. The first-order valence-electron chi connectivity index (χ1n) is 4.34. The van der Waals surface area contributed by atoms with Crippen LogP contribution in [0.5, 0.6) is 0 Å². The molecule has 0 unspecified atom stereocenters. The second-order valence-corrected chi connectivity index (χ2v) is 5.36. The average Bonchev–Trinajstić information content (AvgIpc) is 2.12. The second-order valence-electron chi connectivity index (χ2n) is 3.30. The van der Waals surface area contributed by atoms with Gasteiger partial charge >= 0.3 is 17.4 Å². The molecule has 1 aromatic carbocycles. The van der Waals surface area contributed by atoms with Crippen LogP contribution in [-0.2, 0) is 0 Å². The molecule has 0 aliphatic heterocycles. The molecule has 0 aliphatic rings. The van der Waals surface area contributed by atoms with Gasteiger partial charge in [-0.1, -0.05) is 23.2 Å². The number of alkyl halides is 7. The van der Waals surface area contributed by atoms with Crippen molar-refractivity contribution < 1.29 is 30.7 Å². The molecule has 0 amide bonds. The number of hydrogen-bond acceptors (Lipinski definition) is 1. The van der Waals surface area contributed by atoms with Crippen LogP contribution in [0.2, 0.25) is 10.0 Å². The molecule has 0 radical (unpaired) electrons. The summed E-state index contributed by atoms with van der Waals surface area (Å²) >= 11 is 9.90. The number of benzene rings is 1. The van der Waals surface area contributed by atoms with Crippen molar-refractivity contribution in [2.45, 2.75) is 22.2 Å². The molecule has 1 rings (SSSR count). The highest BCUT2D eigenvalue weighted by atomic mass is 35.5. The van der Waals surface area contributed by atoms with Gasteiger partial charge in [-0.15, -0.1) is 0 Å². The summed E-state index contributed by atoms with van der Waals surface area (Å²) in [5, 5.41) is -5.72. The molecule has 0 bridgehead atoms. The predicted molar refractivity (Wildman–Crippen MR) is 58.3 cm³/mol. The van der Waals surface area contributed by atoms with Crippen molar-refractivity contribution in [1.82, 2.24) is 0 Å². The van der Waals surface area contributed by atoms with E-state index in [-0.39, 0.29) is 10.0 Å². The summed E-state index contributed by atoms with van der Waals surface area (Å²) in [7, 11) is 0. The first-order valence-corrected chi connectivity index (χ1v) is 5.91. The summed E-state index contributed by atoms with van der Waals surface area (Å²) < 4.78 is 87.1. The molecule has 0 fully saturated rings. The van der Waals surface area contributed by atoms with Gasteiger partial charge in [-0.05, 0) is 30.0 Å². The van der Waals surface area contributed by atoms with Gasteiger partial charge < -0.3 is 0 Å². The summed E-state index contributed by atoms with van der Waals surface area (Å²) in [6, 6.07) is 2.73.